The zero-order valence-electron chi connectivity index (χ0n) is 28.2. The van der Waals surface area contributed by atoms with E-state index in [1.54, 1.807) is 19.2 Å². The van der Waals surface area contributed by atoms with Crippen molar-refractivity contribution in [1.82, 2.24) is 20.5 Å². The molecule has 2 saturated carbocycles. The van der Waals surface area contributed by atoms with E-state index in [0.717, 1.165) is 44.9 Å². The highest BCUT2D eigenvalue weighted by Crippen LogP contribution is 2.45. The third kappa shape index (κ3) is 7.70. The molecule has 3 N–H and O–H groups in total. The number of ether oxygens (including phenoxy) is 4. The van der Waals surface area contributed by atoms with Gasteiger partial charge in [-0.2, -0.15) is 0 Å². The fourth-order valence-corrected chi connectivity index (χ4v) is 7.33. The summed E-state index contributed by atoms with van der Waals surface area (Å²) in [6.07, 6.45) is 9.47. The number of carbonyl (C=O) groups is 4. The number of fused-ring (bicyclic) bond motifs is 3. The first kappa shape index (κ1) is 34.3. The molecule has 3 heterocycles. The van der Waals surface area contributed by atoms with Crippen molar-refractivity contribution in [3.8, 4) is 17.4 Å². The van der Waals surface area contributed by atoms with Crippen LogP contribution in [0.15, 0.2) is 36.4 Å². The molecule has 13 nitrogen and oxygen atoms in total. The lowest BCUT2D eigenvalue weighted by atomic mass is 10.0. The zero-order valence-corrected chi connectivity index (χ0v) is 28.2. The van der Waals surface area contributed by atoms with Crippen molar-refractivity contribution in [2.75, 3.05) is 20.3 Å². The largest absolute Gasteiger partial charge is 0.494 e. The number of allylic oxidation sites excluding steroid dienone is 1. The molecule has 2 aliphatic heterocycles. The number of aliphatic carboxylic acids is 1. The summed E-state index contributed by atoms with van der Waals surface area (Å²) >= 11 is 0. The summed E-state index contributed by atoms with van der Waals surface area (Å²) in [7, 11) is 1.55. The average Bonchev–Trinajstić information content (AvgIpc) is 3.35. The Morgan fingerprint density at radius 3 is 2.65 bits per heavy atom. The van der Waals surface area contributed by atoms with E-state index in [0.29, 0.717) is 41.3 Å². The van der Waals surface area contributed by atoms with E-state index in [9.17, 15) is 24.3 Å². The Kier molecular flexibility index (Phi) is 10.4. The van der Waals surface area contributed by atoms with Crippen LogP contribution in [0.4, 0.5) is 4.79 Å². The van der Waals surface area contributed by atoms with Crippen LogP contribution in [0.1, 0.15) is 77.6 Å². The van der Waals surface area contributed by atoms with Gasteiger partial charge >= 0.3 is 12.1 Å². The summed E-state index contributed by atoms with van der Waals surface area (Å²) < 4.78 is 23.4. The molecule has 2 aromatic rings. The van der Waals surface area contributed by atoms with Gasteiger partial charge in [0.1, 0.15) is 40.8 Å². The Labute approximate surface area is 285 Å². The van der Waals surface area contributed by atoms with Gasteiger partial charge in [0.05, 0.1) is 20.3 Å². The monoisotopic (exact) mass is 678 g/mol. The van der Waals surface area contributed by atoms with Gasteiger partial charge in [-0.1, -0.05) is 24.6 Å². The summed E-state index contributed by atoms with van der Waals surface area (Å²) in [5.41, 5.74) is -0.873. The summed E-state index contributed by atoms with van der Waals surface area (Å²) in [5, 5.41) is 16.5. The van der Waals surface area contributed by atoms with Gasteiger partial charge in [0.25, 0.3) is 0 Å². The molecule has 1 aromatic carbocycles. The van der Waals surface area contributed by atoms with Crippen LogP contribution in [-0.2, 0) is 19.1 Å². The van der Waals surface area contributed by atoms with Crippen LogP contribution in [0.3, 0.4) is 0 Å². The normalized spacial score (nSPS) is 28.3. The Balaban J connectivity index is 1.27. The van der Waals surface area contributed by atoms with Crippen molar-refractivity contribution in [2.45, 2.75) is 107 Å². The van der Waals surface area contributed by atoms with Crippen molar-refractivity contribution in [3.05, 3.63) is 36.4 Å². The number of hydrogen-bond acceptors (Lipinski definition) is 9. The molecule has 3 amide bonds. The maximum Gasteiger partial charge on any atom is 0.407 e. The number of carbonyl (C=O) groups excluding carboxylic acids is 3. The van der Waals surface area contributed by atoms with Crippen LogP contribution in [0, 0.1) is 5.92 Å². The standard InChI is InChI=1S/C36H46N4O9/c1-3-47-30-19-29(26-15-10-16-28(46-2)32(26)38-30)48-25-18-27-33(42)39-36(34(43)44)20-22(36)11-6-4-5-7-12-23(17-31(41)40(27)21-25)37-35(45)49-24-13-8-9-14-24/h6,10-11,15-16,19,22-25,27H,3-5,7-9,12-14,17-18,20-21H2,1-2H3,(H,37,45)(H,39,42)(H,43,44)/b11-6-/t22-,23+,25-,27+,36-/m1/s1. The van der Waals surface area contributed by atoms with E-state index in [1.165, 1.54) is 4.90 Å². The van der Waals surface area contributed by atoms with E-state index in [4.69, 9.17) is 18.9 Å². The Hall–Kier alpha value is -4.55. The molecule has 0 unspecified atom stereocenters. The minimum absolute atomic E-state index is 0.0390. The SMILES string of the molecule is CCOc1cc(O[C@@H]2C[C@H]3C(=O)N[C@]4(C(=O)O)C[C@H]4/C=C\CCCC[C@H](NC(=O)OC4CCCC4)CC(=O)N3C2)c2cccc(OC)c2n1. The topological polar surface area (TPSA) is 166 Å². The van der Waals surface area contributed by atoms with Gasteiger partial charge in [0, 0.05) is 36.3 Å². The molecule has 1 aromatic heterocycles. The third-order valence-electron chi connectivity index (χ3n) is 10.0. The lowest BCUT2D eigenvalue weighted by molar-refractivity contribution is -0.145. The number of alkyl carbamates (subject to hydrolysis) is 1. The highest BCUT2D eigenvalue weighted by atomic mass is 16.6. The molecule has 6 rings (SSSR count). The number of aromatic nitrogens is 1. The number of benzene rings is 1. The van der Waals surface area contributed by atoms with Crippen LogP contribution in [0.25, 0.3) is 10.9 Å². The smallest absolute Gasteiger partial charge is 0.407 e. The minimum Gasteiger partial charge on any atom is -0.494 e. The highest BCUT2D eigenvalue weighted by Gasteiger charge is 2.61. The molecule has 1 saturated heterocycles. The Bertz CT molecular complexity index is 1590. The van der Waals surface area contributed by atoms with E-state index >= 15 is 0 Å². The zero-order chi connectivity index (χ0) is 34.5. The number of nitrogens with zero attached hydrogens (tertiary/aromatic N) is 2. The predicted molar refractivity (Wildman–Crippen MR) is 179 cm³/mol. The number of carboxylic acids is 1. The molecule has 2 aliphatic carbocycles. The number of para-hydroxylation sites is 1. The summed E-state index contributed by atoms with van der Waals surface area (Å²) in [6, 6.07) is 5.66. The van der Waals surface area contributed by atoms with Crippen LogP contribution in [0.5, 0.6) is 17.4 Å². The number of amides is 3. The number of hydrogen-bond donors (Lipinski definition) is 3. The van der Waals surface area contributed by atoms with Gasteiger partial charge in [-0.05, 0) is 70.4 Å². The van der Waals surface area contributed by atoms with Crippen molar-refractivity contribution in [3.63, 3.8) is 0 Å². The average molecular weight is 679 g/mol. The first-order valence-corrected chi connectivity index (χ1v) is 17.5. The van der Waals surface area contributed by atoms with Gasteiger partial charge in [0.15, 0.2) is 0 Å². The molecule has 49 heavy (non-hydrogen) atoms. The first-order chi connectivity index (χ1) is 23.7. The lowest BCUT2D eigenvalue weighted by Crippen LogP contribution is -2.53. The maximum atomic E-state index is 14.1. The second-order valence-corrected chi connectivity index (χ2v) is 13.4. The second-order valence-electron chi connectivity index (χ2n) is 13.4. The van der Waals surface area contributed by atoms with Crippen LogP contribution >= 0.6 is 0 Å². The summed E-state index contributed by atoms with van der Waals surface area (Å²) in [6.45, 7) is 2.31. The van der Waals surface area contributed by atoms with Gasteiger partial charge < -0.3 is 39.6 Å². The number of pyridine rings is 1. The molecule has 5 atom stereocenters. The van der Waals surface area contributed by atoms with Crippen molar-refractivity contribution in [2.24, 2.45) is 5.92 Å². The van der Waals surface area contributed by atoms with E-state index in [2.05, 4.69) is 15.6 Å². The molecule has 13 heteroatoms. The lowest BCUT2D eigenvalue weighted by Gasteiger charge is -2.27. The Morgan fingerprint density at radius 1 is 1.10 bits per heavy atom. The first-order valence-electron chi connectivity index (χ1n) is 17.5. The molecule has 264 valence electrons. The van der Waals surface area contributed by atoms with Crippen LogP contribution in [0.2, 0.25) is 0 Å². The minimum atomic E-state index is -1.42. The maximum absolute atomic E-state index is 14.1. The molecular formula is C36H46N4O9. The quantitative estimate of drug-likeness (QED) is 0.338. The number of nitrogens with one attached hydrogen (secondary N) is 2. The predicted octanol–water partition coefficient (Wildman–Crippen LogP) is 4.51. The van der Waals surface area contributed by atoms with Gasteiger partial charge in [0.2, 0.25) is 17.7 Å². The molecular weight excluding hydrogens is 632 g/mol. The van der Waals surface area contributed by atoms with E-state index < -0.39 is 41.7 Å². The number of methoxy groups -OCH3 is 1. The summed E-state index contributed by atoms with van der Waals surface area (Å²) in [4.78, 5) is 59.3. The third-order valence-corrected chi connectivity index (χ3v) is 10.0. The van der Waals surface area contributed by atoms with Crippen LogP contribution < -0.4 is 24.8 Å². The fraction of sp³-hybridized carbons (Fsp3) is 0.583. The molecule has 4 aliphatic rings. The molecule has 0 spiro atoms. The second kappa shape index (κ2) is 14.9. The fourth-order valence-electron chi connectivity index (χ4n) is 7.33. The van der Waals surface area contributed by atoms with Crippen molar-refractivity contribution < 1.29 is 43.2 Å². The van der Waals surface area contributed by atoms with Gasteiger partial charge in [-0.15, -0.1) is 0 Å². The summed E-state index contributed by atoms with van der Waals surface area (Å²) in [5.74, 6) is -0.995. The number of carboxylic acid groups (broad SMARTS) is 1. The van der Waals surface area contributed by atoms with Gasteiger partial charge in [-0.3, -0.25) is 9.59 Å². The van der Waals surface area contributed by atoms with E-state index in [-0.39, 0.29) is 43.7 Å². The molecule has 0 radical (unpaired) electrons. The molecule has 0 bridgehead atoms. The van der Waals surface area contributed by atoms with Gasteiger partial charge in [-0.25, -0.2) is 14.6 Å². The van der Waals surface area contributed by atoms with Crippen LogP contribution in [-0.4, -0.2) is 89.0 Å². The molecule has 3 fully saturated rings. The van der Waals surface area contributed by atoms with E-state index in [1.807, 2.05) is 31.2 Å². The highest BCUT2D eigenvalue weighted by molar-refractivity contribution is 5.95. The number of rotatable bonds is 8. The van der Waals surface area contributed by atoms with Crippen molar-refractivity contribution >= 4 is 34.8 Å². The Morgan fingerprint density at radius 2 is 1.90 bits per heavy atom. The van der Waals surface area contributed by atoms with Crippen molar-refractivity contribution in [1.29, 1.82) is 0 Å².